The summed E-state index contributed by atoms with van der Waals surface area (Å²) in [7, 11) is 1.53. The van der Waals surface area contributed by atoms with Gasteiger partial charge < -0.3 is 10.1 Å². The molecule has 4 rings (SSSR count). The molecule has 2 aliphatic rings. The lowest BCUT2D eigenvalue weighted by atomic mass is 10.1. The topological polar surface area (TPSA) is 95.1 Å². The van der Waals surface area contributed by atoms with Gasteiger partial charge in [-0.1, -0.05) is 41.6 Å². The van der Waals surface area contributed by atoms with Gasteiger partial charge in [0, 0.05) is 12.2 Å². The van der Waals surface area contributed by atoms with Crippen LogP contribution in [0.4, 0.5) is 11.4 Å². The SMILES string of the molecule is COc1ccc(NC(=O)CSC2=NC3NNCC3C(=O)N2c2ccccc2)cc1Cl. The number of hydrogen-bond acceptors (Lipinski definition) is 7. The van der Waals surface area contributed by atoms with Crippen LogP contribution in [0.1, 0.15) is 0 Å². The number of rotatable bonds is 5. The van der Waals surface area contributed by atoms with Crippen LogP contribution in [-0.2, 0) is 9.59 Å². The van der Waals surface area contributed by atoms with Crippen LogP contribution in [0, 0.1) is 5.92 Å². The van der Waals surface area contributed by atoms with Gasteiger partial charge in [0.2, 0.25) is 11.8 Å². The lowest BCUT2D eigenvalue weighted by Crippen LogP contribution is -2.49. The molecule has 1 saturated heterocycles. The smallest absolute Gasteiger partial charge is 0.241 e. The zero-order valence-electron chi connectivity index (χ0n) is 16.1. The predicted molar refractivity (Wildman–Crippen MR) is 119 cm³/mol. The van der Waals surface area contributed by atoms with E-state index in [1.807, 2.05) is 30.3 Å². The molecule has 2 aromatic rings. The van der Waals surface area contributed by atoms with E-state index in [0.29, 0.717) is 28.2 Å². The van der Waals surface area contributed by atoms with Crippen LogP contribution in [0.25, 0.3) is 0 Å². The molecule has 30 heavy (non-hydrogen) atoms. The lowest BCUT2D eigenvalue weighted by Gasteiger charge is -2.32. The number of nitrogens with one attached hydrogen (secondary N) is 3. The summed E-state index contributed by atoms with van der Waals surface area (Å²) in [5.74, 6) is 0.0476. The Hall–Kier alpha value is -2.59. The fraction of sp³-hybridized carbons (Fsp3) is 0.250. The Kier molecular flexibility index (Phi) is 6.24. The molecule has 2 amide bonds. The Balaban J connectivity index is 1.48. The van der Waals surface area contributed by atoms with E-state index in [2.05, 4.69) is 21.2 Å². The number of nitrogens with zero attached hydrogens (tertiary/aromatic N) is 2. The van der Waals surface area contributed by atoms with Crippen LogP contribution in [-0.4, -0.2) is 42.6 Å². The zero-order valence-corrected chi connectivity index (χ0v) is 17.7. The van der Waals surface area contributed by atoms with Crippen molar-refractivity contribution in [1.29, 1.82) is 0 Å². The van der Waals surface area contributed by atoms with Gasteiger partial charge in [0.05, 0.1) is 29.5 Å². The number of carbonyl (C=O) groups is 2. The minimum absolute atomic E-state index is 0.0523. The normalized spacial score (nSPS) is 20.5. The number of aliphatic imine (C=N–C) groups is 1. The number of hydrogen-bond donors (Lipinski definition) is 3. The molecular weight excluding hydrogens is 426 g/mol. The molecule has 0 aromatic heterocycles. The Labute approximate surface area is 183 Å². The summed E-state index contributed by atoms with van der Waals surface area (Å²) in [5.41, 5.74) is 7.28. The van der Waals surface area contributed by atoms with Gasteiger partial charge in [0.15, 0.2) is 5.17 Å². The summed E-state index contributed by atoms with van der Waals surface area (Å²) in [4.78, 5) is 31.8. The second kappa shape index (κ2) is 9.05. The quantitative estimate of drug-likeness (QED) is 0.654. The highest BCUT2D eigenvalue weighted by atomic mass is 35.5. The third-order valence-corrected chi connectivity index (χ3v) is 5.96. The standard InChI is InChI=1S/C20H20ClN5O3S/c1-29-16-8-7-12(9-15(16)21)23-17(27)11-30-20-24-18-14(10-22-25-18)19(28)26(20)13-5-3-2-4-6-13/h2-9,14,18,22,25H,10-11H2,1H3,(H,23,27). The van der Waals surface area contributed by atoms with Gasteiger partial charge in [-0.25, -0.2) is 10.4 Å². The van der Waals surface area contributed by atoms with Gasteiger partial charge in [-0.15, -0.1) is 0 Å². The number of benzene rings is 2. The Morgan fingerprint density at radius 1 is 1.33 bits per heavy atom. The van der Waals surface area contributed by atoms with Gasteiger partial charge in [-0.3, -0.25) is 19.9 Å². The van der Waals surface area contributed by atoms with E-state index in [9.17, 15) is 9.59 Å². The van der Waals surface area contributed by atoms with E-state index < -0.39 is 0 Å². The number of hydrazine groups is 1. The van der Waals surface area contributed by atoms with Crippen molar-refractivity contribution in [2.24, 2.45) is 10.9 Å². The summed E-state index contributed by atoms with van der Waals surface area (Å²) in [6.07, 6.45) is -0.344. The zero-order chi connectivity index (χ0) is 21.1. The Morgan fingerprint density at radius 2 is 2.13 bits per heavy atom. The van der Waals surface area contributed by atoms with Gasteiger partial charge in [-0.05, 0) is 30.3 Å². The van der Waals surface area contributed by atoms with Crippen LogP contribution in [0.2, 0.25) is 5.02 Å². The molecule has 2 heterocycles. The molecule has 1 fully saturated rings. The summed E-state index contributed by atoms with van der Waals surface area (Å²) in [6.45, 7) is 0.507. The second-order valence-corrected chi connectivity index (χ2v) is 8.03. The fourth-order valence-electron chi connectivity index (χ4n) is 3.25. The number of halogens is 1. The molecule has 10 heteroatoms. The molecule has 2 atom stereocenters. The maximum Gasteiger partial charge on any atom is 0.241 e. The molecule has 0 spiro atoms. The van der Waals surface area contributed by atoms with E-state index >= 15 is 0 Å². The number of thioether (sulfide) groups is 1. The third-order valence-electron chi connectivity index (χ3n) is 4.71. The summed E-state index contributed by atoms with van der Waals surface area (Å²) >= 11 is 7.32. The van der Waals surface area contributed by atoms with Gasteiger partial charge in [0.25, 0.3) is 0 Å². The number of amidine groups is 1. The maximum atomic E-state index is 13.1. The fourth-order valence-corrected chi connectivity index (χ4v) is 4.36. The Morgan fingerprint density at radius 3 is 2.87 bits per heavy atom. The second-order valence-electron chi connectivity index (χ2n) is 6.68. The lowest BCUT2D eigenvalue weighted by molar-refractivity contribution is -0.121. The number of para-hydroxylation sites is 1. The van der Waals surface area contributed by atoms with Crippen LogP contribution in [0.5, 0.6) is 5.75 Å². The van der Waals surface area contributed by atoms with E-state index in [0.717, 1.165) is 5.69 Å². The van der Waals surface area contributed by atoms with Crippen molar-refractivity contribution < 1.29 is 14.3 Å². The molecule has 2 unspecified atom stereocenters. The summed E-state index contributed by atoms with van der Waals surface area (Å²) in [5, 5.41) is 3.69. The number of amides is 2. The van der Waals surface area contributed by atoms with Crippen molar-refractivity contribution in [3.05, 3.63) is 53.6 Å². The number of anilines is 2. The van der Waals surface area contributed by atoms with Crippen molar-refractivity contribution in [2.45, 2.75) is 6.17 Å². The number of ether oxygens (including phenoxy) is 1. The summed E-state index contributed by atoms with van der Waals surface area (Å²) in [6, 6.07) is 14.3. The highest BCUT2D eigenvalue weighted by Crippen LogP contribution is 2.30. The first-order valence-corrected chi connectivity index (χ1v) is 10.6. The molecule has 3 N–H and O–H groups in total. The van der Waals surface area contributed by atoms with E-state index in [-0.39, 0.29) is 29.7 Å². The highest BCUT2D eigenvalue weighted by molar-refractivity contribution is 8.14. The van der Waals surface area contributed by atoms with Gasteiger partial charge >= 0.3 is 0 Å². The van der Waals surface area contributed by atoms with Crippen LogP contribution in [0.15, 0.2) is 53.5 Å². The molecule has 2 aromatic carbocycles. The first-order valence-electron chi connectivity index (χ1n) is 9.28. The Bertz CT molecular complexity index is 988. The molecule has 156 valence electrons. The van der Waals surface area contributed by atoms with E-state index in [4.69, 9.17) is 16.3 Å². The number of methoxy groups -OCH3 is 1. The summed E-state index contributed by atoms with van der Waals surface area (Å²) < 4.78 is 5.12. The monoisotopic (exact) mass is 445 g/mol. The van der Waals surface area contributed by atoms with Gasteiger partial charge in [-0.2, -0.15) is 0 Å². The molecular formula is C20H20ClN5O3S. The minimum atomic E-state index is -0.344. The first-order chi connectivity index (χ1) is 14.6. The highest BCUT2D eigenvalue weighted by Gasteiger charge is 2.42. The average Bonchev–Trinajstić information content (AvgIpc) is 3.22. The van der Waals surface area contributed by atoms with Gasteiger partial charge in [0.1, 0.15) is 11.9 Å². The van der Waals surface area contributed by atoms with Crippen LogP contribution < -0.4 is 25.8 Å². The molecule has 0 aliphatic carbocycles. The average molecular weight is 446 g/mol. The molecule has 0 saturated carbocycles. The van der Waals surface area contributed by atoms with Crippen LogP contribution >= 0.6 is 23.4 Å². The van der Waals surface area contributed by atoms with E-state index in [1.165, 1.54) is 18.9 Å². The molecule has 0 bridgehead atoms. The van der Waals surface area contributed by atoms with E-state index in [1.54, 1.807) is 23.1 Å². The molecule has 0 radical (unpaired) electrons. The third kappa shape index (κ3) is 4.29. The van der Waals surface area contributed by atoms with Crippen molar-refractivity contribution in [1.82, 2.24) is 10.9 Å². The van der Waals surface area contributed by atoms with Crippen molar-refractivity contribution in [3.8, 4) is 5.75 Å². The van der Waals surface area contributed by atoms with Crippen molar-refractivity contribution >= 4 is 51.7 Å². The van der Waals surface area contributed by atoms with Crippen molar-refractivity contribution in [2.75, 3.05) is 29.6 Å². The minimum Gasteiger partial charge on any atom is -0.495 e. The molecule has 2 aliphatic heterocycles. The number of fused-ring (bicyclic) bond motifs is 1. The first kappa shape index (κ1) is 20.7. The number of carbonyl (C=O) groups excluding carboxylic acids is 2. The predicted octanol–water partition coefficient (Wildman–Crippen LogP) is 2.47. The van der Waals surface area contributed by atoms with Crippen molar-refractivity contribution in [3.63, 3.8) is 0 Å². The van der Waals surface area contributed by atoms with Crippen LogP contribution in [0.3, 0.4) is 0 Å². The molecule has 8 nitrogen and oxygen atoms in total. The largest absolute Gasteiger partial charge is 0.495 e. The maximum absolute atomic E-state index is 13.1.